The standard InChI is InChI=1S/C15H13BrClNO3/c1-20-11-5-9(6-12(8-11)21-2)15(19)18-14-4-3-10(17)7-13(14)16/h3-8H,1-2H3,(H,18,19). The molecule has 0 fully saturated rings. The van der Waals surface area contributed by atoms with Crippen molar-refractivity contribution in [3.63, 3.8) is 0 Å². The van der Waals surface area contributed by atoms with E-state index >= 15 is 0 Å². The lowest BCUT2D eigenvalue weighted by atomic mass is 10.2. The van der Waals surface area contributed by atoms with Crippen molar-refractivity contribution < 1.29 is 14.3 Å². The number of halogens is 2. The molecule has 110 valence electrons. The second-order valence-electron chi connectivity index (χ2n) is 4.18. The molecule has 0 aliphatic carbocycles. The second-order valence-corrected chi connectivity index (χ2v) is 5.47. The second kappa shape index (κ2) is 6.83. The first-order chi connectivity index (χ1) is 10.0. The predicted molar refractivity (Wildman–Crippen MR) is 86.7 cm³/mol. The molecule has 0 atom stereocenters. The van der Waals surface area contributed by atoms with Gasteiger partial charge in [-0.3, -0.25) is 4.79 Å². The topological polar surface area (TPSA) is 47.6 Å². The first-order valence-corrected chi connectivity index (χ1v) is 7.20. The van der Waals surface area contributed by atoms with E-state index in [1.54, 1.807) is 36.4 Å². The number of benzene rings is 2. The summed E-state index contributed by atoms with van der Waals surface area (Å²) in [4.78, 5) is 12.3. The molecule has 0 heterocycles. The summed E-state index contributed by atoms with van der Waals surface area (Å²) in [6, 6.07) is 10.1. The van der Waals surface area contributed by atoms with Crippen molar-refractivity contribution >= 4 is 39.1 Å². The fraction of sp³-hybridized carbons (Fsp3) is 0.133. The van der Waals surface area contributed by atoms with Crippen LogP contribution in [0.4, 0.5) is 5.69 Å². The van der Waals surface area contributed by atoms with Gasteiger partial charge in [-0.2, -0.15) is 0 Å². The number of nitrogens with one attached hydrogen (secondary N) is 1. The molecule has 4 nitrogen and oxygen atoms in total. The monoisotopic (exact) mass is 369 g/mol. The van der Waals surface area contributed by atoms with Gasteiger partial charge in [0.2, 0.25) is 0 Å². The van der Waals surface area contributed by atoms with Gasteiger partial charge in [0.05, 0.1) is 19.9 Å². The van der Waals surface area contributed by atoms with Gasteiger partial charge in [-0.25, -0.2) is 0 Å². The summed E-state index contributed by atoms with van der Waals surface area (Å²) in [5.74, 6) is 0.833. The maximum absolute atomic E-state index is 12.3. The third-order valence-corrected chi connectivity index (χ3v) is 3.68. The Kier molecular flexibility index (Phi) is 5.09. The number of hydrogen-bond acceptors (Lipinski definition) is 3. The van der Waals surface area contributed by atoms with Crippen LogP contribution in [0.25, 0.3) is 0 Å². The Bertz CT molecular complexity index is 654. The molecule has 1 N–H and O–H groups in total. The Hall–Kier alpha value is -1.72. The fourth-order valence-electron chi connectivity index (χ4n) is 1.72. The van der Waals surface area contributed by atoms with Gasteiger partial charge in [0, 0.05) is 21.1 Å². The summed E-state index contributed by atoms with van der Waals surface area (Å²) >= 11 is 9.23. The van der Waals surface area contributed by atoms with Gasteiger partial charge in [-0.15, -0.1) is 0 Å². The minimum atomic E-state index is -0.268. The van der Waals surface area contributed by atoms with E-state index in [2.05, 4.69) is 21.2 Å². The summed E-state index contributed by atoms with van der Waals surface area (Å²) in [5.41, 5.74) is 1.07. The molecule has 1 amide bonds. The third kappa shape index (κ3) is 3.89. The van der Waals surface area contributed by atoms with Crippen molar-refractivity contribution in [1.29, 1.82) is 0 Å². The van der Waals surface area contributed by atoms with Crippen molar-refractivity contribution in [2.75, 3.05) is 19.5 Å². The van der Waals surface area contributed by atoms with Gasteiger partial charge < -0.3 is 14.8 Å². The quantitative estimate of drug-likeness (QED) is 0.869. The van der Waals surface area contributed by atoms with Crippen LogP contribution in [0.2, 0.25) is 5.02 Å². The number of methoxy groups -OCH3 is 2. The fourth-order valence-corrected chi connectivity index (χ4v) is 2.51. The van der Waals surface area contributed by atoms with Crippen molar-refractivity contribution in [2.24, 2.45) is 0 Å². The SMILES string of the molecule is COc1cc(OC)cc(C(=O)Nc2ccc(Cl)cc2Br)c1. The molecule has 0 unspecified atom stereocenters. The first kappa shape index (κ1) is 15.7. The molecule has 0 aromatic heterocycles. The summed E-state index contributed by atoms with van der Waals surface area (Å²) in [6.45, 7) is 0. The summed E-state index contributed by atoms with van der Waals surface area (Å²) in [6.07, 6.45) is 0. The Morgan fingerprint density at radius 1 is 1.10 bits per heavy atom. The lowest BCUT2D eigenvalue weighted by Crippen LogP contribution is -2.12. The highest BCUT2D eigenvalue weighted by molar-refractivity contribution is 9.10. The Morgan fingerprint density at radius 2 is 1.71 bits per heavy atom. The molecule has 0 aliphatic heterocycles. The average Bonchev–Trinajstić information content (AvgIpc) is 2.49. The largest absolute Gasteiger partial charge is 0.497 e. The van der Waals surface area contributed by atoms with Crippen molar-refractivity contribution in [3.8, 4) is 11.5 Å². The zero-order valence-corrected chi connectivity index (χ0v) is 13.8. The molecule has 0 radical (unpaired) electrons. The lowest BCUT2D eigenvalue weighted by molar-refractivity contribution is 0.102. The molecule has 0 saturated carbocycles. The van der Waals surface area contributed by atoms with Crippen LogP contribution in [0.5, 0.6) is 11.5 Å². The number of carbonyl (C=O) groups is 1. The van der Waals surface area contributed by atoms with Gasteiger partial charge in [0.1, 0.15) is 11.5 Å². The highest BCUT2D eigenvalue weighted by Gasteiger charge is 2.11. The Morgan fingerprint density at radius 3 is 2.24 bits per heavy atom. The molecule has 2 aromatic rings. The number of amides is 1. The minimum Gasteiger partial charge on any atom is -0.497 e. The van der Waals surface area contributed by atoms with Gasteiger partial charge in [-0.05, 0) is 46.3 Å². The molecule has 21 heavy (non-hydrogen) atoms. The Balaban J connectivity index is 2.27. The van der Waals surface area contributed by atoms with Crippen LogP contribution >= 0.6 is 27.5 Å². The maximum atomic E-state index is 12.3. The van der Waals surface area contributed by atoms with E-state index in [1.807, 2.05) is 0 Å². The van der Waals surface area contributed by atoms with Crippen LogP contribution < -0.4 is 14.8 Å². The van der Waals surface area contributed by atoms with Gasteiger partial charge in [0.25, 0.3) is 5.91 Å². The zero-order chi connectivity index (χ0) is 15.4. The summed E-state index contributed by atoms with van der Waals surface area (Å²) < 4.78 is 11.0. The van der Waals surface area contributed by atoms with Crippen LogP contribution in [-0.4, -0.2) is 20.1 Å². The van der Waals surface area contributed by atoms with Crippen molar-refractivity contribution in [2.45, 2.75) is 0 Å². The van der Waals surface area contributed by atoms with Crippen molar-refractivity contribution in [3.05, 3.63) is 51.5 Å². The molecule has 0 bridgehead atoms. The molecule has 2 aromatic carbocycles. The molecule has 0 spiro atoms. The van der Waals surface area contributed by atoms with E-state index in [0.29, 0.717) is 32.2 Å². The number of anilines is 1. The van der Waals surface area contributed by atoms with E-state index in [9.17, 15) is 4.79 Å². The molecule has 0 aliphatic rings. The van der Waals surface area contributed by atoms with Crippen LogP contribution in [0.15, 0.2) is 40.9 Å². The third-order valence-electron chi connectivity index (χ3n) is 2.79. The van der Waals surface area contributed by atoms with Crippen LogP contribution in [0.3, 0.4) is 0 Å². The van der Waals surface area contributed by atoms with E-state index in [-0.39, 0.29) is 5.91 Å². The molecule has 6 heteroatoms. The predicted octanol–water partition coefficient (Wildman–Crippen LogP) is 4.37. The van der Waals surface area contributed by atoms with E-state index in [1.165, 1.54) is 14.2 Å². The summed E-state index contributed by atoms with van der Waals surface area (Å²) in [7, 11) is 3.07. The number of rotatable bonds is 4. The summed E-state index contributed by atoms with van der Waals surface area (Å²) in [5, 5.41) is 3.39. The maximum Gasteiger partial charge on any atom is 0.255 e. The van der Waals surface area contributed by atoms with E-state index < -0.39 is 0 Å². The first-order valence-electron chi connectivity index (χ1n) is 6.03. The zero-order valence-electron chi connectivity index (χ0n) is 11.4. The van der Waals surface area contributed by atoms with Crippen LogP contribution in [-0.2, 0) is 0 Å². The average molecular weight is 371 g/mol. The number of carbonyl (C=O) groups excluding carboxylic acids is 1. The van der Waals surface area contributed by atoms with E-state index in [4.69, 9.17) is 21.1 Å². The number of ether oxygens (including phenoxy) is 2. The molecular formula is C15H13BrClNO3. The normalized spacial score (nSPS) is 10.1. The highest BCUT2D eigenvalue weighted by atomic mass is 79.9. The molecule has 0 saturated heterocycles. The van der Waals surface area contributed by atoms with Crippen LogP contribution in [0.1, 0.15) is 10.4 Å². The lowest BCUT2D eigenvalue weighted by Gasteiger charge is -2.10. The molecule has 2 rings (SSSR count). The smallest absolute Gasteiger partial charge is 0.255 e. The highest BCUT2D eigenvalue weighted by Crippen LogP contribution is 2.27. The molecular weight excluding hydrogens is 358 g/mol. The van der Waals surface area contributed by atoms with Crippen LogP contribution in [0, 0.1) is 0 Å². The van der Waals surface area contributed by atoms with Gasteiger partial charge in [0.15, 0.2) is 0 Å². The minimum absolute atomic E-state index is 0.268. The van der Waals surface area contributed by atoms with Gasteiger partial charge in [-0.1, -0.05) is 11.6 Å². The number of hydrogen-bond donors (Lipinski definition) is 1. The van der Waals surface area contributed by atoms with Crippen molar-refractivity contribution in [1.82, 2.24) is 0 Å². The van der Waals surface area contributed by atoms with Gasteiger partial charge >= 0.3 is 0 Å². The Labute approximate surface area is 136 Å². The van der Waals surface area contributed by atoms with E-state index in [0.717, 1.165) is 0 Å².